The summed E-state index contributed by atoms with van der Waals surface area (Å²) < 4.78 is 0. The summed E-state index contributed by atoms with van der Waals surface area (Å²) >= 11 is 11.9. The Morgan fingerprint density at radius 1 is 1.25 bits per heavy atom. The van der Waals surface area contributed by atoms with Gasteiger partial charge in [-0.2, -0.15) is 0 Å². The molecule has 0 atom stereocenters. The molecule has 0 saturated carbocycles. The topological polar surface area (TPSA) is 35.6 Å². The minimum atomic E-state index is -0.0354. The number of benzene rings is 1. The highest BCUT2D eigenvalue weighted by Crippen LogP contribution is 2.20. The average molecular weight is 316 g/mol. The van der Waals surface area contributed by atoms with Crippen LogP contribution in [-0.2, 0) is 6.54 Å². The molecule has 1 fully saturated rings. The van der Waals surface area contributed by atoms with E-state index in [-0.39, 0.29) is 6.03 Å². The summed E-state index contributed by atoms with van der Waals surface area (Å²) in [6.45, 7) is 7.01. The molecular formula is C14H19Cl2N3O. The maximum atomic E-state index is 12.1. The molecule has 0 spiro atoms. The number of likely N-dealkylation sites (N-methyl/N-ethyl adjacent to an activating group) is 1. The Bertz CT molecular complexity index is 473. The fourth-order valence-corrected chi connectivity index (χ4v) is 2.69. The van der Waals surface area contributed by atoms with Crippen molar-refractivity contribution in [3.8, 4) is 0 Å². The Labute approximate surface area is 129 Å². The number of carbonyl (C=O) groups is 1. The lowest BCUT2D eigenvalue weighted by Crippen LogP contribution is -2.51. The van der Waals surface area contributed by atoms with Gasteiger partial charge in [-0.05, 0) is 24.2 Å². The summed E-state index contributed by atoms with van der Waals surface area (Å²) in [5.41, 5.74) is 0.872. The van der Waals surface area contributed by atoms with Crippen molar-refractivity contribution in [2.24, 2.45) is 0 Å². The molecule has 1 heterocycles. The van der Waals surface area contributed by atoms with Crippen LogP contribution >= 0.6 is 23.2 Å². The number of nitrogens with one attached hydrogen (secondary N) is 1. The van der Waals surface area contributed by atoms with Crippen molar-refractivity contribution in [1.82, 2.24) is 15.1 Å². The third-order valence-electron chi connectivity index (χ3n) is 3.55. The number of piperazine rings is 1. The van der Waals surface area contributed by atoms with Gasteiger partial charge in [0.1, 0.15) is 0 Å². The van der Waals surface area contributed by atoms with Crippen LogP contribution < -0.4 is 5.32 Å². The summed E-state index contributed by atoms with van der Waals surface area (Å²) in [6, 6.07) is 5.26. The Morgan fingerprint density at radius 2 is 1.95 bits per heavy atom. The molecule has 6 heteroatoms. The molecule has 1 N–H and O–H groups in total. The van der Waals surface area contributed by atoms with Crippen LogP contribution in [0.5, 0.6) is 0 Å². The molecule has 0 aromatic heterocycles. The molecule has 2 amide bonds. The molecule has 0 unspecified atom stereocenters. The van der Waals surface area contributed by atoms with Crippen LogP contribution in [0.4, 0.5) is 4.79 Å². The van der Waals surface area contributed by atoms with Gasteiger partial charge in [-0.15, -0.1) is 0 Å². The monoisotopic (exact) mass is 315 g/mol. The van der Waals surface area contributed by atoms with E-state index in [2.05, 4.69) is 17.1 Å². The highest BCUT2D eigenvalue weighted by atomic mass is 35.5. The first-order valence-corrected chi connectivity index (χ1v) is 7.55. The van der Waals surface area contributed by atoms with Crippen LogP contribution in [0.15, 0.2) is 18.2 Å². The van der Waals surface area contributed by atoms with Gasteiger partial charge >= 0.3 is 6.03 Å². The minimum absolute atomic E-state index is 0.0354. The molecule has 0 bridgehead atoms. The summed E-state index contributed by atoms with van der Waals surface area (Å²) in [4.78, 5) is 16.2. The van der Waals surface area contributed by atoms with Crippen LogP contribution in [0, 0.1) is 0 Å². The van der Waals surface area contributed by atoms with Gasteiger partial charge in [-0.25, -0.2) is 4.79 Å². The number of amides is 2. The second-order valence-corrected chi connectivity index (χ2v) is 5.66. The SMILES string of the molecule is CCN1CCN(C(=O)NCc2ccc(Cl)cc2Cl)CC1. The molecule has 1 saturated heterocycles. The molecule has 110 valence electrons. The molecular weight excluding hydrogens is 297 g/mol. The van der Waals surface area contributed by atoms with Gasteiger partial charge in [0.15, 0.2) is 0 Å². The lowest BCUT2D eigenvalue weighted by atomic mass is 10.2. The number of urea groups is 1. The van der Waals surface area contributed by atoms with Crippen LogP contribution in [0.25, 0.3) is 0 Å². The van der Waals surface area contributed by atoms with Crippen LogP contribution in [-0.4, -0.2) is 48.6 Å². The zero-order valence-corrected chi connectivity index (χ0v) is 13.0. The van der Waals surface area contributed by atoms with Crippen molar-refractivity contribution in [2.45, 2.75) is 13.5 Å². The smallest absolute Gasteiger partial charge is 0.317 e. The van der Waals surface area contributed by atoms with E-state index in [1.54, 1.807) is 12.1 Å². The second kappa shape index (κ2) is 7.16. The van der Waals surface area contributed by atoms with Crippen LogP contribution in [0.3, 0.4) is 0 Å². The van der Waals surface area contributed by atoms with Crippen molar-refractivity contribution < 1.29 is 4.79 Å². The largest absolute Gasteiger partial charge is 0.334 e. The van der Waals surface area contributed by atoms with E-state index < -0.39 is 0 Å². The van der Waals surface area contributed by atoms with E-state index in [9.17, 15) is 4.79 Å². The van der Waals surface area contributed by atoms with Gasteiger partial charge < -0.3 is 15.1 Å². The van der Waals surface area contributed by atoms with E-state index in [1.165, 1.54) is 0 Å². The summed E-state index contributed by atoms with van der Waals surface area (Å²) in [7, 11) is 0. The van der Waals surface area contributed by atoms with Gasteiger partial charge in [-0.1, -0.05) is 36.2 Å². The van der Waals surface area contributed by atoms with E-state index in [0.717, 1.165) is 38.3 Å². The van der Waals surface area contributed by atoms with Crippen molar-refractivity contribution in [3.05, 3.63) is 33.8 Å². The summed E-state index contributed by atoms with van der Waals surface area (Å²) in [5.74, 6) is 0. The molecule has 0 radical (unpaired) electrons. The number of hydrogen-bond donors (Lipinski definition) is 1. The van der Waals surface area contributed by atoms with E-state index in [1.807, 2.05) is 11.0 Å². The quantitative estimate of drug-likeness (QED) is 0.931. The highest BCUT2D eigenvalue weighted by molar-refractivity contribution is 6.35. The van der Waals surface area contributed by atoms with Crippen molar-refractivity contribution in [1.29, 1.82) is 0 Å². The number of hydrogen-bond acceptors (Lipinski definition) is 2. The number of rotatable bonds is 3. The Kier molecular flexibility index (Phi) is 5.52. The fraction of sp³-hybridized carbons (Fsp3) is 0.500. The van der Waals surface area contributed by atoms with Crippen molar-refractivity contribution in [2.75, 3.05) is 32.7 Å². The summed E-state index contributed by atoms with van der Waals surface area (Å²) in [6.07, 6.45) is 0. The zero-order chi connectivity index (χ0) is 14.5. The van der Waals surface area contributed by atoms with E-state index >= 15 is 0 Å². The predicted octanol–water partition coefficient (Wildman–Crippen LogP) is 2.84. The van der Waals surface area contributed by atoms with Gasteiger partial charge in [0.05, 0.1) is 0 Å². The minimum Gasteiger partial charge on any atom is -0.334 e. The first kappa shape index (κ1) is 15.4. The van der Waals surface area contributed by atoms with Gasteiger partial charge in [0.25, 0.3) is 0 Å². The predicted molar refractivity (Wildman–Crippen MR) is 82.4 cm³/mol. The van der Waals surface area contributed by atoms with Crippen molar-refractivity contribution >= 4 is 29.2 Å². The Balaban J connectivity index is 1.83. The normalized spacial score (nSPS) is 16.2. The van der Waals surface area contributed by atoms with Crippen LogP contribution in [0.2, 0.25) is 10.0 Å². The highest BCUT2D eigenvalue weighted by Gasteiger charge is 2.19. The third kappa shape index (κ3) is 4.01. The van der Waals surface area contributed by atoms with Gasteiger partial charge in [0.2, 0.25) is 0 Å². The second-order valence-electron chi connectivity index (χ2n) is 4.82. The molecule has 0 aliphatic carbocycles. The average Bonchev–Trinajstić information content (AvgIpc) is 2.46. The first-order chi connectivity index (χ1) is 9.60. The molecule has 2 rings (SSSR count). The van der Waals surface area contributed by atoms with Gasteiger partial charge in [0, 0.05) is 42.8 Å². The molecule has 1 aromatic carbocycles. The van der Waals surface area contributed by atoms with E-state index in [4.69, 9.17) is 23.2 Å². The maximum Gasteiger partial charge on any atom is 0.317 e. The molecule has 1 aromatic rings. The van der Waals surface area contributed by atoms with Crippen molar-refractivity contribution in [3.63, 3.8) is 0 Å². The molecule has 4 nitrogen and oxygen atoms in total. The number of nitrogens with zero attached hydrogens (tertiary/aromatic N) is 2. The summed E-state index contributed by atoms with van der Waals surface area (Å²) in [5, 5.41) is 4.08. The van der Waals surface area contributed by atoms with Gasteiger partial charge in [-0.3, -0.25) is 0 Å². The Hall–Kier alpha value is -0.970. The molecule has 1 aliphatic rings. The fourth-order valence-electron chi connectivity index (χ4n) is 2.21. The lowest BCUT2D eigenvalue weighted by molar-refractivity contribution is 0.142. The molecule has 1 aliphatic heterocycles. The number of carbonyl (C=O) groups excluding carboxylic acids is 1. The lowest BCUT2D eigenvalue weighted by Gasteiger charge is -2.34. The zero-order valence-electron chi connectivity index (χ0n) is 11.5. The first-order valence-electron chi connectivity index (χ1n) is 6.79. The van der Waals surface area contributed by atoms with E-state index in [0.29, 0.717) is 16.6 Å². The Morgan fingerprint density at radius 3 is 2.55 bits per heavy atom. The van der Waals surface area contributed by atoms with Crippen LogP contribution in [0.1, 0.15) is 12.5 Å². The molecule has 20 heavy (non-hydrogen) atoms. The number of halogens is 2. The maximum absolute atomic E-state index is 12.1. The third-order valence-corrected chi connectivity index (χ3v) is 4.14. The standard InChI is InChI=1S/C14H19Cl2N3O/c1-2-18-5-7-19(8-6-18)14(20)17-10-11-3-4-12(15)9-13(11)16/h3-4,9H,2,5-8,10H2,1H3,(H,17,20).